The van der Waals surface area contributed by atoms with Crippen LogP contribution in [-0.2, 0) is 20.0 Å². The molecule has 0 aliphatic heterocycles. The molecule has 0 heterocycles. The van der Waals surface area contributed by atoms with Crippen molar-refractivity contribution in [2.75, 3.05) is 52.8 Å². The molecular weight excluding hydrogens is 356 g/mol. The van der Waals surface area contributed by atoms with Crippen molar-refractivity contribution in [2.45, 2.75) is 5.75 Å². The fraction of sp³-hybridized carbons (Fsp3) is 0.562. The Bertz CT molecular complexity index is 510. The number of aliphatic hydroxyl groups excluding tert-OH is 1. The lowest BCUT2D eigenvalue weighted by Gasteiger charge is -2.09. The number of halogens is 2. The molecule has 0 fully saturated rings. The summed E-state index contributed by atoms with van der Waals surface area (Å²) < 4.78 is 42.7. The van der Waals surface area contributed by atoms with Crippen LogP contribution in [0.2, 0.25) is 0 Å². The Kier molecular flexibility index (Phi) is 11.3. The van der Waals surface area contributed by atoms with Gasteiger partial charge in [-0.3, -0.25) is 4.79 Å². The number of benzene rings is 1. The quantitative estimate of drug-likeness (QED) is 0.354. The second-order valence-electron chi connectivity index (χ2n) is 4.89. The number of aliphatic hydroxyl groups is 1. The summed E-state index contributed by atoms with van der Waals surface area (Å²) in [7, 11) is 0. The number of rotatable bonds is 13. The molecule has 0 aliphatic rings. The van der Waals surface area contributed by atoms with Gasteiger partial charge < -0.3 is 24.6 Å². The molecule has 0 spiro atoms. The van der Waals surface area contributed by atoms with E-state index in [1.807, 2.05) is 0 Å². The average Bonchev–Trinajstić information content (AvgIpc) is 2.59. The van der Waals surface area contributed by atoms with Gasteiger partial charge in [0.2, 0.25) is 0 Å². The second-order valence-corrected chi connectivity index (χ2v) is 5.21. The molecule has 0 atom stereocenters. The van der Waals surface area contributed by atoms with E-state index in [1.165, 1.54) is 0 Å². The minimum absolute atomic E-state index is 0.0204. The van der Waals surface area contributed by atoms with Gasteiger partial charge in [-0.15, -0.1) is 0 Å². The summed E-state index contributed by atoms with van der Waals surface area (Å²) in [6.07, 6.45) is 0. The van der Waals surface area contributed by atoms with Gasteiger partial charge in [-0.05, 0) is 12.1 Å². The zero-order valence-electron chi connectivity index (χ0n) is 13.8. The van der Waals surface area contributed by atoms with Crippen molar-refractivity contribution >= 4 is 18.5 Å². The van der Waals surface area contributed by atoms with Crippen molar-refractivity contribution in [3.8, 4) is 0 Å². The monoisotopic (exact) mass is 379 g/mol. The van der Waals surface area contributed by atoms with E-state index in [4.69, 9.17) is 19.3 Å². The third-order valence-corrected chi connectivity index (χ3v) is 3.39. The van der Waals surface area contributed by atoms with E-state index in [2.05, 4.69) is 17.9 Å². The maximum atomic E-state index is 13.6. The lowest BCUT2D eigenvalue weighted by molar-refractivity contribution is 0.00825. The highest BCUT2D eigenvalue weighted by Crippen LogP contribution is 2.17. The van der Waals surface area contributed by atoms with Crippen molar-refractivity contribution in [3.63, 3.8) is 0 Å². The summed E-state index contributed by atoms with van der Waals surface area (Å²) in [5.74, 6) is -2.25. The Hall–Kier alpha value is -1.26. The van der Waals surface area contributed by atoms with E-state index in [0.29, 0.717) is 26.4 Å². The van der Waals surface area contributed by atoms with Crippen LogP contribution in [0.1, 0.15) is 15.9 Å². The molecule has 25 heavy (non-hydrogen) atoms. The Labute approximate surface area is 150 Å². The molecule has 1 rings (SSSR count). The van der Waals surface area contributed by atoms with E-state index in [1.54, 1.807) is 0 Å². The van der Waals surface area contributed by atoms with Crippen molar-refractivity contribution in [1.29, 1.82) is 0 Å². The first-order chi connectivity index (χ1) is 12.1. The molecule has 0 aliphatic carbocycles. The fourth-order valence-electron chi connectivity index (χ4n) is 1.83. The van der Waals surface area contributed by atoms with Crippen molar-refractivity contribution < 1.29 is 32.9 Å². The number of thiol groups is 1. The third-order valence-electron chi connectivity index (χ3n) is 3.07. The van der Waals surface area contributed by atoms with E-state index in [-0.39, 0.29) is 43.2 Å². The minimum Gasteiger partial charge on any atom is -0.394 e. The number of nitrogens with one attached hydrogen (secondary N) is 1. The van der Waals surface area contributed by atoms with Gasteiger partial charge in [0.1, 0.15) is 11.6 Å². The molecule has 1 aromatic carbocycles. The summed E-state index contributed by atoms with van der Waals surface area (Å²) >= 11 is 3.84. The highest BCUT2D eigenvalue weighted by molar-refractivity contribution is 7.79. The van der Waals surface area contributed by atoms with Crippen LogP contribution < -0.4 is 5.32 Å². The molecule has 1 amide bonds. The highest BCUT2D eigenvalue weighted by atomic mass is 32.1. The number of ether oxygens (including phenoxy) is 3. The maximum absolute atomic E-state index is 13.6. The summed E-state index contributed by atoms with van der Waals surface area (Å²) in [5, 5.41) is 11.0. The zero-order chi connectivity index (χ0) is 18.5. The zero-order valence-corrected chi connectivity index (χ0v) is 14.7. The smallest absolute Gasteiger partial charge is 0.251 e. The largest absolute Gasteiger partial charge is 0.394 e. The Balaban J connectivity index is 2.13. The van der Waals surface area contributed by atoms with Gasteiger partial charge in [0.15, 0.2) is 0 Å². The number of carbonyl (C=O) groups excluding carboxylic acids is 1. The second kappa shape index (κ2) is 13.0. The first-order valence-electron chi connectivity index (χ1n) is 7.81. The molecule has 1 aromatic rings. The van der Waals surface area contributed by atoms with Gasteiger partial charge in [0, 0.05) is 23.4 Å². The van der Waals surface area contributed by atoms with Crippen LogP contribution in [0.3, 0.4) is 0 Å². The Morgan fingerprint density at radius 2 is 1.52 bits per heavy atom. The highest BCUT2D eigenvalue weighted by Gasteiger charge is 2.13. The Morgan fingerprint density at radius 3 is 2.04 bits per heavy atom. The average molecular weight is 379 g/mol. The lowest BCUT2D eigenvalue weighted by Crippen LogP contribution is -2.28. The van der Waals surface area contributed by atoms with Crippen LogP contribution in [0.15, 0.2) is 12.1 Å². The summed E-state index contributed by atoms with van der Waals surface area (Å²) in [6, 6.07) is 1.97. The van der Waals surface area contributed by atoms with Gasteiger partial charge in [-0.25, -0.2) is 8.78 Å². The van der Waals surface area contributed by atoms with Crippen molar-refractivity contribution in [3.05, 3.63) is 34.9 Å². The lowest BCUT2D eigenvalue weighted by atomic mass is 10.1. The molecule has 0 bridgehead atoms. The number of hydrogen-bond acceptors (Lipinski definition) is 6. The number of hydrogen-bond donors (Lipinski definition) is 3. The molecule has 0 saturated carbocycles. The molecule has 0 radical (unpaired) electrons. The van der Waals surface area contributed by atoms with Gasteiger partial charge in [0.05, 0.1) is 46.2 Å². The van der Waals surface area contributed by atoms with Crippen LogP contribution in [0.5, 0.6) is 0 Å². The van der Waals surface area contributed by atoms with Crippen molar-refractivity contribution in [1.82, 2.24) is 5.32 Å². The molecule has 0 unspecified atom stereocenters. The van der Waals surface area contributed by atoms with E-state index in [0.717, 1.165) is 12.1 Å². The summed E-state index contributed by atoms with van der Waals surface area (Å²) in [4.78, 5) is 11.8. The van der Waals surface area contributed by atoms with Gasteiger partial charge >= 0.3 is 0 Å². The predicted molar refractivity (Wildman–Crippen MR) is 90.9 cm³/mol. The topological polar surface area (TPSA) is 77.0 Å². The van der Waals surface area contributed by atoms with Crippen LogP contribution in [0.25, 0.3) is 0 Å². The minimum atomic E-state index is -0.795. The van der Waals surface area contributed by atoms with Gasteiger partial charge in [-0.2, -0.15) is 12.6 Å². The molecule has 0 aromatic heterocycles. The van der Waals surface area contributed by atoms with E-state index in [9.17, 15) is 13.6 Å². The summed E-state index contributed by atoms with van der Waals surface area (Å²) in [5.41, 5.74) is -0.253. The van der Waals surface area contributed by atoms with Crippen LogP contribution >= 0.6 is 12.6 Å². The van der Waals surface area contributed by atoms with Crippen molar-refractivity contribution in [2.24, 2.45) is 0 Å². The maximum Gasteiger partial charge on any atom is 0.251 e. The predicted octanol–water partition coefficient (Wildman–Crippen LogP) is 1.17. The standard InChI is InChI=1S/C16H23F2NO5S/c17-14-9-12(10-15(18)13(14)11-25)16(21)19-1-3-22-5-7-24-8-6-23-4-2-20/h9-10,20,25H,1-8,11H2,(H,19,21). The molecule has 9 heteroatoms. The third kappa shape index (κ3) is 8.59. The molecule has 6 nitrogen and oxygen atoms in total. The molecule has 2 N–H and O–H groups in total. The first kappa shape index (κ1) is 21.8. The summed E-state index contributed by atoms with van der Waals surface area (Å²) in [6.45, 7) is 2.23. The van der Waals surface area contributed by atoms with Crippen LogP contribution in [-0.4, -0.2) is 63.8 Å². The van der Waals surface area contributed by atoms with Gasteiger partial charge in [-0.1, -0.05) is 0 Å². The van der Waals surface area contributed by atoms with Crippen LogP contribution in [0.4, 0.5) is 8.78 Å². The molecule has 0 saturated heterocycles. The van der Waals surface area contributed by atoms with E-state index >= 15 is 0 Å². The Morgan fingerprint density at radius 1 is 1.00 bits per heavy atom. The molecular formula is C16H23F2NO5S. The normalized spacial score (nSPS) is 10.9. The molecule has 142 valence electrons. The van der Waals surface area contributed by atoms with E-state index < -0.39 is 17.5 Å². The van der Waals surface area contributed by atoms with Crippen LogP contribution in [0, 0.1) is 11.6 Å². The van der Waals surface area contributed by atoms with Gasteiger partial charge in [0.25, 0.3) is 5.91 Å². The number of carbonyl (C=O) groups is 1. The fourth-order valence-corrected chi connectivity index (χ4v) is 2.13. The first-order valence-corrected chi connectivity index (χ1v) is 8.44. The SMILES string of the molecule is O=C(NCCOCCOCCOCCO)c1cc(F)c(CS)c(F)c1. The number of amides is 1.